The molecule has 1 atom stereocenters. The molecular formula is C16H13ClN2O. The van der Waals surface area contributed by atoms with Gasteiger partial charge < -0.3 is 5.11 Å². The molecule has 0 saturated heterocycles. The van der Waals surface area contributed by atoms with Crippen molar-refractivity contribution in [3.63, 3.8) is 0 Å². The molecule has 4 heteroatoms. The van der Waals surface area contributed by atoms with E-state index in [1.165, 1.54) is 0 Å². The van der Waals surface area contributed by atoms with Gasteiger partial charge in [0.2, 0.25) is 0 Å². The van der Waals surface area contributed by atoms with Crippen molar-refractivity contribution in [2.24, 2.45) is 0 Å². The van der Waals surface area contributed by atoms with E-state index in [2.05, 4.69) is 5.10 Å². The summed E-state index contributed by atoms with van der Waals surface area (Å²) >= 11 is 5.97. The maximum atomic E-state index is 10.5. The van der Waals surface area contributed by atoms with Crippen LogP contribution in [0.25, 0.3) is 5.69 Å². The van der Waals surface area contributed by atoms with Crippen LogP contribution < -0.4 is 0 Å². The summed E-state index contributed by atoms with van der Waals surface area (Å²) in [6.45, 7) is 0. The van der Waals surface area contributed by atoms with Crippen LogP contribution in [-0.2, 0) is 0 Å². The first-order valence-electron chi connectivity index (χ1n) is 6.28. The van der Waals surface area contributed by atoms with E-state index >= 15 is 0 Å². The quantitative estimate of drug-likeness (QED) is 0.798. The molecule has 0 aliphatic carbocycles. The number of halogens is 1. The van der Waals surface area contributed by atoms with Crippen LogP contribution in [0, 0.1) is 0 Å². The molecule has 1 unspecified atom stereocenters. The summed E-state index contributed by atoms with van der Waals surface area (Å²) in [5, 5.41) is 15.4. The molecular weight excluding hydrogens is 272 g/mol. The van der Waals surface area contributed by atoms with Crippen molar-refractivity contribution in [3.8, 4) is 5.69 Å². The van der Waals surface area contributed by atoms with Crippen molar-refractivity contribution in [1.82, 2.24) is 9.78 Å². The summed E-state index contributed by atoms with van der Waals surface area (Å²) in [5.74, 6) is 0. The Balaban J connectivity index is 2.02. The second kappa shape index (κ2) is 5.49. The van der Waals surface area contributed by atoms with Crippen LogP contribution in [0.2, 0.25) is 5.02 Å². The van der Waals surface area contributed by atoms with Crippen LogP contribution in [0.5, 0.6) is 0 Å². The number of aliphatic hydroxyl groups is 1. The zero-order valence-electron chi connectivity index (χ0n) is 10.6. The monoisotopic (exact) mass is 284 g/mol. The fourth-order valence-electron chi connectivity index (χ4n) is 2.15. The van der Waals surface area contributed by atoms with Gasteiger partial charge >= 0.3 is 0 Å². The molecule has 0 fully saturated rings. The Labute approximate surface area is 122 Å². The number of nitrogens with zero attached hydrogens (tertiary/aromatic N) is 2. The van der Waals surface area contributed by atoms with E-state index in [0.29, 0.717) is 10.7 Å². The van der Waals surface area contributed by atoms with Gasteiger partial charge in [0.1, 0.15) is 6.10 Å². The van der Waals surface area contributed by atoms with E-state index in [9.17, 15) is 5.11 Å². The Morgan fingerprint density at radius 2 is 1.80 bits per heavy atom. The zero-order chi connectivity index (χ0) is 13.9. The standard InChI is InChI=1S/C16H13ClN2O/c17-13-6-4-5-12(11-13)16(20)15-9-10-18-19(15)14-7-2-1-3-8-14/h1-11,16,20H. The molecule has 0 bridgehead atoms. The first-order chi connectivity index (χ1) is 9.75. The summed E-state index contributed by atoms with van der Waals surface area (Å²) in [4.78, 5) is 0. The van der Waals surface area contributed by atoms with Crippen molar-refractivity contribution in [3.05, 3.63) is 83.1 Å². The molecule has 20 heavy (non-hydrogen) atoms. The van der Waals surface area contributed by atoms with Crippen LogP contribution in [-0.4, -0.2) is 14.9 Å². The van der Waals surface area contributed by atoms with Gasteiger partial charge in [0, 0.05) is 11.2 Å². The van der Waals surface area contributed by atoms with Crippen LogP contribution >= 0.6 is 11.6 Å². The van der Waals surface area contributed by atoms with E-state index in [4.69, 9.17) is 11.6 Å². The van der Waals surface area contributed by atoms with E-state index in [1.54, 1.807) is 29.1 Å². The number of aliphatic hydroxyl groups excluding tert-OH is 1. The minimum atomic E-state index is -0.767. The van der Waals surface area contributed by atoms with E-state index in [1.807, 2.05) is 42.5 Å². The lowest BCUT2D eigenvalue weighted by Crippen LogP contribution is -2.08. The average molecular weight is 285 g/mol. The number of hydrogen-bond acceptors (Lipinski definition) is 2. The fraction of sp³-hybridized carbons (Fsp3) is 0.0625. The molecule has 0 saturated carbocycles. The lowest BCUT2D eigenvalue weighted by atomic mass is 10.1. The topological polar surface area (TPSA) is 38.1 Å². The van der Waals surface area contributed by atoms with Crippen molar-refractivity contribution in [2.75, 3.05) is 0 Å². The third-order valence-electron chi connectivity index (χ3n) is 3.12. The molecule has 1 N–H and O–H groups in total. The third-order valence-corrected chi connectivity index (χ3v) is 3.35. The highest BCUT2D eigenvalue weighted by Crippen LogP contribution is 2.25. The molecule has 0 aliphatic heterocycles. The molecule has 0 amide bonds. The van der Waals surface area contributed by atoms with Gasteiger partial charge in [-0.2, -0.15) is 5.10 Å². The molecule has 100 valence electrons. The molecule has 1 heterocycles. The average Bonchev–Trinajstić information content (AvgIpc) is 2.97. The Kier molecular flexibility index (Phi) is 3.54. The van der Waals surface area contributed by atoms with Gasteiger partial charge in [0.05, 0.1) is 11.4 Å². The van der Waals surface area contributed by atoms with Crippen LogP contribution in [0.4, 0.5) is 0 Å². The fourth-order valence-corrected chi connectivity index (χ4v) is 2.35. The summed E-state index contributed by atoms with van der Waals surface area (Å²) < 4.78 is 1.73. The molecule has 1 aromatic heterocycles. The smallest absolute Gasteiger partial charge is 0.121 e. The van der Waals surface area contributed by atoms with Crippen molar-refractivity contribution in [1.29, 1.82) is 0 Å². The molecule has 0 spiro atoms. The summed E-state index contributed by atoms with van der Waals surface area (Å²) in [7, 11) is 0. The Morgan fingerprint density at radius 3 is 2.55 bits per heavy atom. The van der Waals surface area contributed by atoms with E-state index < -0.39 is 6.10 Å². The first-order valence-corrected chi connectivity index (χ1v) is 6.66. The number of rotatable bonds is 3. The number of aromatic nitrogens is 2. The van der Waals surface area contributed by atoms with Crippen LogP contribution in [0.1, 0.15) is 17.4 Å². The highest BCUT2D eigenvalue weighted by atomic mass is 35.5. The molecule has 3 aromatic rings. The Morgan fingerprint density at radius 1 is 1.00 bits per heavy atom. The van der Waals surface area contributed by atoms with Crippen LogP contribution in [0.15, 0.2) is 66.9 Å². The minimum Gasteiger partial charge on any atom is -0.382 e. The van der Waals surface area contributed by atoms with E-state index in [0.717, 1.165) is 11.3 Å². The molecule has 0 radical (unpaired) electrons. The maximum absolute atomic E-state index is 10.5. The van der Waals surface area contributed by atoms with Gasteiger partial charge in [0.15, 0.2) is 0 Å². The lowest BCUT2D eigenvalue weighted by molar-refractivity contribution is 0.212. The van der Waals surface area contributed by atoms with Crippen molar-refractivity contribution < 1.29 is 5.11 Å². The molecule has 3 rings (SSSR count). The van der Waals surface area contributed by atoms with Gasteiger partial charge in [-0.05, 0) is 35.9 Å². The second-order valence-corrected chi connectivity index (χ2v) is 4.90. The maximum Gasteiger partial charge on any atom is 0.121 e. The lowest BCUT2D eigenvalue weighted by Gasteiger charge is -2.14. The first kappa shape index (κ1) is 12.9. The highest BCUT2D eigenvalue weighted by molar-refractivity contribution is 6.30. The molecule has 2 aromatic carbocycles. The van der Waals surface area contributed by atoms with Gasteiger partial charge in [-0.1, -0.05) is 41.9 Å². The minimum absolute atomic E-state index is 0.604. The number of para-hydroxylation sites is 1. The summed E-state index contributed by atoms with van der Waals surface area (Å²) in [5.41, 5.74) is 2.36. The highest BCUT2D eigenvalue weighted by Gasteiger charge is 2.16. The van der Waals surface area contributed by atoms with Crippen molar-refractivity contribution in [2.45, 2.75) is 6.10 Å². The van der Waals surface area contributed by atoms with Gasteiger partial charge in [-0.25, -0.2) is 4.68 Å². The zero-order valence-corrected chi connectivity index (χ0v) is 11.4. The normalized spacial score (nSPS) is 12.3. The third kappa shape index (κ3) is 2.46. The summed E-state index contributed by atoms with van der Waals surface area (Å²) in [6.07, 6.45) is 0.909. The molecule has 3 nitrogen and oxygen atoms in total. The van der Waals surface area contributed by atoms with Gasteiger partial charge in [-0.3, -0.25) is 0 Å². The van der Waals surface area contributed by atoms with E-state index in [-0.39, 0.29) is 0 Å². The Bertz CT molecular complexity index is 709. The predicted molar refractivity (Wildman–Crippen MR) is 79.1 cm³/mol. The van der Waals surface area contributed by atoms with Crippen molar-refractivity contribution >= 4 is 11.6 Å². The SMILES string of the molecule is OC(c1cccc(Cl)c1)c1ccnn1-c1ccccc1. The predicted octanol–water partition coefficient (Wildman–Crippen LogP) is 3.61. The number of benzene rings is 2. The second-order valence-electron chi connectivity index (χ2n) is 4.46. The van der Waals surface area contributed by atoms with Crippen LogP contribution in [0.3, 0.4) is 0 Å². The van der Waals surface area contributed by atoms with Gasteiger partial charge in [-0.15, -0.1) is 0 Å². The summed E-state index contributed by atoms with van der Waals surface area (Å²) in [6, 6.07) is 18.7. The molecule has 0 aliphatic rings. The van der Waals surface area contributed by atoms with Gasteiger partial charge in [0.25, 0.3) is 0 Å². The largest absolute Gasteiger partial charge is 0.382 e. The Hall–Kier alpha value is -2.10. The number of hydrogen-bond donors (Lipinski definition) is 1.